The fourth-order valence-electron chi connectivity index (χ4n) is 1.21. The summed E-state index contributed by atoms with van der Waals surface area (Å²) in [5.41, 5.74) is 0.962. The van der Waals surface area contributed by atoms with Gasteiger partial charge in [0.2, 0.25) is 0 Å². The average molecular weight is 242 g/mol. The molecule has 0 aromatic carbocycles. The minimum absolute atomic E-state index is 0.179. The van der Waals surface area contributed by atoms with Crippen molar-refractivity contribution in [1.29, 1.82) is 0 Å². The fraction of sp³-hybridized carbons (Fsp3) is 0.750. The van der Waals surface area contributed by atoms with Gasteiger partial charge in [0.1, 0.15) is 6.10 Å². The zero-order valence-corrected chi connectivity index (χ0v) is 12.1. The van der Waals surface area contributed by atoms with E-state index in [0.717, 1.165) is 5.57 Å². The van der Waals surface area contributed by atoms with Gasteiger partial charge in [0.05, 0.1) is 6.61 Å². The fourth-order valence-corrected chi connectivity index (χ4v) is 2.21. The normalized spacial score (nSPS) is 22.0. The molecule has 1 aliphatic rings. The first-order valence-electron chi connectivity index (χ1n) is 5.66. The van der Waals surface area contributed by atoms with E-state index < -0.39 is 8.32 Å². The zero-order valence-electron chi connectivity index (χ0n) is 11.1. The van der Waals surface area contributed by atoms with Crippen LogP contribution in [0.5, 0.6) is 0 Å². The summed E-state index contributed by atoms with van der Waals surface area (Å²) >= 11 is 0. The van der Waals surface area contributed by atoms with Crippen LogP contribution >= 0.6 is 0 Å². The van der Waals surface area contributed by atoms with E-state index in [-0.39, 0.29) is 17.1 Å². The van der Waals surface area contributed by atoms with E-state index in [2.05, 4.69) is 33.9 Å². The highest BCUT2D eigenvalue weighted by molar-refractivity contribution is 6.74. The Balaban J connectivity index is 2.53. The van der Waals surface area contributed by atoms with Crippen molar-refractivity contribution in [1.82, 2.24) is 0 Å². The summed E-state index contributed by atoms with van der Waals surface area (Å²) in [5, 5.41) is 0.188. The van der Waals surface area contributed by atoms with Crippen molar-refractivity contribution in [2.75, 3.05) is 6.61 Å². The van der Waals surface area contributed by atoms with Gasteiger partial charge in [-0.1, -0.05) is 20.8 Å². The van der Waals surface area contributed by atoms with Crippen molar-refractivity contribution in [3.8, 4) is 0 Å². The zero-order chi connectivity index (χ0) is 12.6. The summed E-state index contributed by atoms with van der Waals surface area (Å²) in [7, 11) is -1.74. The molecule has 1 rings (SSSR count). The molecular weight excluding hydrogens is 220 g/mol. The highest BCUT2D eigenvalue weighted by Gasteiger charge is 2.38. The summed E-state index contributed by atoms with van der Waals surface area (Å²) in [6, 6.07) is 0. The lowest BCUT2D eigenvalue weighted by molar-refractivity contribution is -0.139. The first kappa shape index (κ1) is 13.5. The molecule has 4 heteroatoms. The third-order valence-corrected chi connectivity index (χ3v) is 8.01. The second-order valence-electron chi connectivity index (χ2n) is 5.89. The van der Waals surface area contributed by atoms with Crippen molar-refractivity contribution in [2.24, 2.45) is 0 Å². The van der Waals surface area contributed by atoms with Crippen molar-refractivity contribution < 1.29 is 14.0 Å². The van der Waals surface area contributed by atoms with Gasteiger partial charge in [0, 0.05) is 6.08 Å². The molecule has 0 unspecified atom stereocenters. The minimum atomic E-state index is -1.74. The molecule has 0 bridgehead atoms. The number of rotatable bonds is 3. The molecule has 0 aromatic rings. The number of ether oxygens (including phenoxy) is 1. The minimum Gasteiger partial charge on any atom is -0.452 e. The standard InChI is InChI=1S/C12H22O3Si/c1-9-7-11(13)15-10(9)8-14-16(5,6)12(2,3)4/h7,10H,8H2,1-6H3/t10-/m1/s1. The van der Waals surface area contributed by atoms with Gasteiger partial charge in [-0.2, -0.15) is 0 Å². The van der Waals surface area contributed by atoms with Crippen LogP contribution in [0.15, 0.2) is 11.6 Å². The van der Waals surface area contributed by atoms with Crippen LogP contribution in [0.25, 0.3) is 0 Å². The van der Waals surface area contributed by atoms with Gasteiger partial charge >= 0.3 is 5.97 Å². The molecule has 0 fully saturated rings. The Kier molecular flexibility index (Phi) is 3.64. The molecule has 0 spiro atoms. The van der Waals surface area contributed by atoms with E-state index in [0.29, 0.717) is 6.61 Å². The van der Waals surface area contributed by atoms with Crippen molar-refractivity contribution in [3.63, 3.8) is 0 Å². The maximum atomic E-state index is 11.0. The van der Waals surface area contributed by atoms with Crippen LogP contribution < -0.4 is 0 Å². The monoisotopic (exact) mass is 242 g/mol. The third kappa shape index (κ3) is 2.95. The number of hydrogen-bond acceptors (Lipinski definition) is 3. The largest absolute Gasteiger partial charge is 0.452 e. The lowest BCUT2D eigenvalue weighted by Crippen LogP contribution is -2.42. The number of cyclic esters (lactones) is 1. The van der Waals surface area contributed by atoms with Gasteiger partial charge in [0.25, 0.3) is 0 Å². The van der Waals surface area contributed by atoms with Gasteiger partial charge in [-0.25, -0.2) is 4.79 Å². The van der Waals surface area contributed by atoms with E-state index in [1.54, 1.807) is 6.08 Å². The van der Waals surface area contributed by atoms with Crippen LogP contribution in [0.2, 0.25) is 18.1 Å². The first-order valence-corrected chi connectivity index (χ1v) is 8.57. The van der Waals surface area contributed by atoms with Gasteiger partial charge < -0.3 is 9.16 Å². The Bertz CT molecular complexity index is 313. The highest BCUT2D eigenvalue weighted by atomic mass is 28.4. The van der Waals surface area contributed by atoms with E-state index in [9.17, 15) is 4.79 Å². The molecule has 0 saturated heterocycles. The Morgan fingerprint density at radius 2 is 2.00 bits per heavy atom. The quantitative estimate of drug-likeness (QED) is 0.564. The first-order chi connectivity index (χ1) is 7.13. The summed E-state index contributed by atoms with van der Waals surface area (Å²) in [4.78, 5) is 11.0. The molecule has 92 valence electrons. The molecule has 0 radical (unpaired) electrons. The topological polar surface area (TPSA) is 35.5 Å². The Morgan fingerprint density at radius 1 is 1.44 bits per heavy atom. The maximum absolute atomic E-state index is 11.0. The van der Waals surface area contributed by atoms with Crippen molar-refractivity contribution in [3.05, 3.63) is 11.6 Å². The van der Waals surface area contributed by atoms with Crippen LogP contribution in [0, 0.1) is 0 Å². The molecule has 0 amide bonds. The number of carbonyl (C=O) groups is 1. The van der Waals surface area contributed by atoms with Crippen LogP contribution in [-0.4, -0.2) is 27.0 Å². The Hall–Kier alpha value is -0.613. The molecule has 1 heterocycles. The van der Waals surface area contributed by atoms with Gasteiger partial charge in [-0.3, -0.25) is 0 Å². The predicted molar refractivity (Wildman–Crippen MR) is 66.8 cm³/mol. The molecular formula is C12H22O3Si. The third-order valence-electron chi connectivity index (χ3n) is 3.51. The Morgan fingerprint density at radius 3 is 2.38 bits per heavy atom. The lowest BCUT2D eigenvalue weighted by Gasteiger charge is -2.36. The summed E-state index contributed by atoms with van der Waals surface area (Å²) < 4.78 is 11.2. The lowest BCUT2D eigenvalue weighted by atomic mass is 10.2. The van der Waals surface area contributed by atoms with Crippen LogP contribution in [0.3, 0.4) is 0 Å². The Labute approximate surface area is 99.0 Å². The molecule has 3 nitrogen and oxygen atoms in total. The average Bonchev–Trinajstić information content (AvgIpc) is 2.39. The highest BCUT2D eigenvalue weighted by Crippen LogP contribution is 2.37. The van der Waals surface area contributed by atoms with E-state index >= 15 is 0 Å². The van der Waals surface area contributed by atoms with Crippen LogP contribution in [-0.2, 0) is 14.0 Å². The van der Waals surface area contributed by atoms with Gasteiger partial charge in [-0.05, 0) is 30.6 Å². The van der Waals surface area contributed by atoms with E-state index in [1.807, 2.05) is 6.92 Å². The SMILES string of the molecule is CC1=CC(=O)O[C@@H]1CO[Si](C)(C)C(C)(C)C. The molecule has 1 aliphatic heterocycles. The molecule has 1 atom stereocenters. The molecule has 16 heavy (non-hydrogen) atoms. The second-order valence-corrected chi connectivity index (χ2v) is 10.7. The predicted octanol–water partition coefficient (Wildman–Crippen LogP) is 2.88. The summed E-state index contributed by atoms with van der Waals surface area (Å²) in [5.74, 6) is -0.249. The maximum Gasteiger partial charge on any atom is 0.331 e. The molecule has 0 aromatic heterocycles. The summed E-state index contributed by atoms with van der Waals surface area (Å²) in [6.45, 7) is 13.4. The summed E-state index contributed by atoms with van der Waals surface area (Å²) in [6.07, 6.45) is 1.36. The second kappa shape index (κ2) is 4.34. The van der Waals surface area contributed by atoms with Gasteiger partial charge in [0.15, 0.2) is 8.32 Å². The van der Waals surface area contributed by atoms with Crippen LogP contribution in [0.4, 0.5) is 0 Å². The van der Waals surface area contributed by atoms with Crippen LogP contribution in [0.1, 0.15) is 27.7 Å². The number of esters is 1. The molecule has 0 saturated carbocycles. The van der Waals surface area contributed by atoms with Crippen molar-refractivity contribution >= 4 is 14.3 Å². The number of carbonyl (C=O) groups excluding carboxylic acids is 1. The van der Waals surface area contributed by atoms with Crippen molar-refractivity contribution in [2.45, 2.75) is 51.9 Å². The molecule has 0 N–H and O–H groups in total. The molecule has 0 aliphatic carbocycles. The number of hydrogen-bond donors (Lipinski definition) is 0. The van der Waals surface area contributed by atoms with E-state index in [4.69, 9.17) is 9.16 Å². The van der Waals surface area contributed by atoms with E-state index in [1.165, 1.54) is 0 Å². The smallest absolute Gasteiger partial charge is 0.331 e. The van der Waals surface area contributed by atoms with Gasteiger partial charge in [-0.15, -0.1) is 0 Å².